The van der Waals surface area contributed by atoms with Gasteiger partial charge in [0.15, 0.2) is 0 Å². The number of carbonyl (C=O) groups excluding carboxylic acids is 1. The van der Waals surface area contributed by atoms with Crippen molar-refractivity contribution in [1.29, 1.82) is 0 Å². The second kappa shape index (κ2) is 7.90. The van der Waals surface area contributed by atoms with Crippen molar-refractivity contribution in [2.75, 3.05) is 6.54 Å². The summed E-state index contributed by atoms with van der Waals surface area (Å²) in [7, 11) is 0. The van der Waals surface area contributed by atoms with Crippen molar-refractivity contribution < 1.29 is 4.79 Å². The Labute approximate surface area is 156 Å². The number of rotatable bonds is 4. The Bertz CT molecular complexity index is 789. The average Bonchev–Trinajstić information content (AvgIpc) is 2.94. The first-order chi connectivity index (χ1) is 12.5. The normalized spacial score (nSPS) is 18.0. The summed E-state index contributed by atoms with van der Waals surface area (Å²) in [5.41, 5.74) is 4.06. The second-order valence-corrected chi connectivity index (χ2v) is 7.50. The number of nitrogens with zero attached hydrogens (tertiary/aromatic N) is 3. The minimum atomic E-state index is 0.120. The van der Waals surface area contributed by atoms with Crippen molar-refractivity contribution in [3.63, 3.8) is 0 Å². The van der Waals surface area contributed by atoms with Gasteiger partial charge in [0, 0.05) is 29.9 Å². The van der Waals surface area contributed by atoms with Crippen molar-refractivity contribution in [2.45, 2.75) is 53.0 Å². The summed E-state index contributed by atoms with van der Waals surface area (Å²) < 4.78 is 1.94. The van der Waals surface area contributed by atoms with Crippen molar-refractivity contribution in [1.82, 2.24) is 14.7 Å². The Balaban J connectivity index is 1.82. The van der Waals surface area contributed by atoms with Gasteiger partial charge in [0.25, 0.3) is 0 Å². The van der Waals surface area contributed by atoms with E-state index in [9.17, 15) is 4.79 Å². The fourth-order valence-electron chi connectivity index (χ4n) is 3.89. The molecule has 1 aromatic carbocycles. The number of amides is 1. The summed E-state index contributed by atoms with van der Waals surface area (Å²) in [4.78, 5) is 14.9. The monoisotopic (exact) mass is 351 g/mol. The summed E-state index contributed by atoms with van der Waals surface area (Å²) >= 11 is 0. The standard InChI is InChI=1S/C22H29N3O/c1-16(2)21-12-8-9-15-24(21)22(26)14-13-20-17(3)23-25(18(20)4)19-10-6-5-7-11-19/h5-7,10-11,13-14,16,21H,8-9,12,15H2,1-4H3/b14-13+. The molecule has 1 saturated heterocycles. The second-order valence-electron chi connectivity index (χ2n) is 7.50. The van der Waals surface area contributed by atoms with E-state index in [1.807, 2.05) is 48.0 Å². The van der Waals surface area contributed by atoms with Crippen molar-refractivity contribution in [2.24, 2.45) is 5.92 Å². The predicted octanol–water partition coefficient (Wildman–Crippen LogP) is 4.54. The molecular formula is C22H29N3O. The van der Waals surface area contributed by atoms with Gasteiger partial charge < -0.3 is 4.90 Å². The Kier molecular flexibility index (Phi) is 5.60. The molecule has 0 radical (unpaired) electrons. The SMILES string of the molecule is Cc1nn(-c2ccccc2)c(C)c1/C=C/C(=O)N1CCCCC1C(C)C. The lowest BCUT2D eigenvalue weighted by Gasteiger charge is -2.37. The molecule has 0 spiro atoms. The zero-order chi connectivity index (χ0) is 18.7. The number of hydrogen-bond donors (Lipinski definition) is 0. The molecule has 26 heavy (non-hydrogen) atoms. The van der Waals surface area contributed by atoms with Crippen LogP contribution in [-0.4, -0.2) is 33.2 Å². The molecule has 1 aromatic heterocycles. The van der Waals surface area contributed by atoms with Gasteiger partial charge in [0.2, 0.25) is 5.91 Å². The molecule has 1 fully saturated rings. The van der Waals surface area contributed by atoms with Gasteiger partial charge in [-0.2, -0.15) is 5.10 Å². The number of aromatic nitrogens is 2. The van der Waals surface area contributed by atoms with E-state index in [0.29, 0.717) is 12.0 Å². The minimum absolute atomic E-state index is 0.120. The molecule has 0 N–H and O–H groups in total. The van der Waals surface area contributed by atoms with E-state index in [1.165, 1.54) is 6.42 Å². The predicted molar refractivity (Wildman–Crippen MR) is 106 cm³/mol. The number of piperidine rings is 1. The summed E-state index contributed by atoms with van der Waals surface area (Å²) in [6, 6.07) is 10.5. The number of benzene rings is 1. The Morgan fingerprint density at radius 3 is 2.62 bits per heavy atom. The van der Waals surface area contributed by atoms with E-state index in [4.69, 9.17) is 0 Å². The number of aryl methyl sites for hydroxylation is 1. The van der Waals surface area contributed by atoms with Gasteiger partial charge in [-0.3, -0.25) is 4.79 Å². The van der Waals surface area contributed by atoms with Crippen LogP contribution in [-0.2, 0) is 4.79 Å². The van der Waals surface area contributed by atoms with Crippen molar-refractivity contribution in [3.8, 4) is 5.69 Å². The highest BCUT2D eigenvalue weighted by Crippen LogP contribution is 2.24. The first kappa shape index (κ1) is 18.4. The van der Waals surface area contributed by atoms with Gasteiger partial charge in [0.05, 0.1) is 11.4 Å². The van der Waals surface area contributed by atoms with Gasteiger partial charge in [-0.05, 0) is 57.2 Å². The first-order valence-corrected chi connectivity index (χ1v) is 9.59. The molecule has 2 aromatic rings. The van der Waals surface area contributed by atoms with Crippen LogP contribution in [0.2, 0.25) is 0 Å². The lowest BCUT2D eigenvalue weighted by Crippen LogP contribution is -2.45. The maximum atomic E-state index is 12.8. The molecule has 0 bridgehead atoms. The maximum Gasteiger partial charge on any atom is 0.246 e. The number of carbonyl (C=O) groups is 1. The summed E-state index contributed by atoms with van der Waals surface area (Å²) in [6.45, 7) is 9.33. The van der Waals surface area contributed by atoms with Crippen molar-refractivity contribution in [3.05, 3.63) is 53.4 Å². The van der Waals surface area contributed by atoms with Crippen LogP contribution in [0.15, 0.2) is 36.4 Å². The fourth-order valence-corrected chi connectivity index (χ4v) is 3.89. The molecule has 1 amide bonds. The first-order valence-electron chi connectivity index (χ1n) is 9.59. The van der Waals surface area contributed by atoms with Crippen LogP contribution in [0.25, 0.3) is 11.8 Å². The van der Waals surface area contributed by atoms with Crippen LogP contribution < -0.4 is 0 Å². The molecule has 2 heterocycles. The molecule has 138 valence electrons. The highest BCUT2D eigenvalue weighted by atomic mass is 16.2. The number of hydrogen-bond acceptors (Lipinski definition) is 2. The number of para-hydroxylation sites is 1. The van der Waals surface area contributed by atoms with E-state index in [-0.39, 0.29) is 5.91 Å². The van der Waals surface area contributed by atoms with Crippen LogP contribution in [0.5, 0.6) is 0 Å². The third-order valence-corrected chi connectivity index (χ3v) is 5.34. The minimum Gasteiger partial charge on any atom is -0.336 e. The van der Waals surface area contributed by atoms with E-state index in [0.717, 1.165) is 42.0 Å². The van der Waals surface area contributed by atoms with Gasteiger partial charge >= 0.3 is 0 Å². The Hall–Kier alpha value is -2.36. The largest absolute Gasteiger partial charge is 0.336 e. The van der Waals surface area contributed by atoms with E-state index in [1.54, 1.807) is 6.08 Å². The zero-order valence-electron chi connectivity index (χ0n) is 16.3. The lowest BCUT2D eigenvalue weighted by atomic mass is 9.92. The Morgan fingerprint density at radius 1 is 1.19 bits per heavy atom. The van der Waals surface area contributed by atoms with E-state index >= 15 is 0 Å². The molecule has 1 unspecified atom stereocenters. The molecule has 3 rings (SSSR count). The van der Waals surface area contributed by atoms with Gasteiger partial charge in [-0.25, -0.2) is 4.68 Å². The van der Waals surface area contributed by atoms with Crippen LogP contribution in [0.3, 0.4) is 0 Å². The molecule has 0 saturated carbocycles. The number of likely N-dealkylation sites (tertiary alicyclic amines) is 1. The molecule has 1 aliphatic rings. The van der Waals surface area contributed by atoms with E-state index in [2.05, 4.69) is 30.8 Å². The molecule has 4 nitrogen and oxygen atoms in total. The molecule has 0 aliphatic carbocycles. The van der Waals surface area contributed by atoms with Gasteiger partial charge in [-0.15, -0.1) is 0 Å². The van der Waals surface area contributed by atoms with Crippen LogP contribution in [0.1, 0.15) is 50.1 Å². The topological polar surface area (TPSA) is 38.1 Å². The third kappa shape index (κ3) is 3.74. The van der Waals surface area contributed by atoms with Crippen molar-refractivity contribution >= 4 is 12.0 Å². The molecule has 1 atom stereocenters. The quantitative estimate of drug-likeness (QED) is 0.759. The van der Waals surface area contributed by atoms with E-state index < -0.39 is 0 Å². The third-order valence-electron chi connectivity index (χ3n) is 5.34. The Morgan fingerprint density at radius 2 is 1.92 bits per heavy atom. The fraction of sp³-hybridized carbons (Fsp3) is 0.455. The summed E-state index contributed by atoms with van der Waals surface area (Å²) in [6.07, 6.45) is 7.10. The maximum absolute atomic E-state index is 12.8. The van der Waals surface area contributed by atoms with Crippen LogP contribution in [0.4, 0.5) is 0 Å². The van der Waals surface area contributed by atoms with Crippen LogP contribution in [0, 0.1) is 19.8 Å². The lowest BCUT2D eigenvalue weighted by molar-refractivity contribution is -0.130. The summed E-state index contributed by atoms with van der Waals surface area (Å²) in [5, 5.41) is 4.65. The average molecular weight is 351 g/mol. The van der Waals surface area contributed by atoms with Gasteiger partial charge in [0.1, 0.15) is 0 Å². The molecular weight excluding hydrogens is 322 g/mol. The van der Waals surface area contributed by atoms with Gasteiger partial charge in [-0.1, -0.05) is 32.0 Å². The highest BCUT2D eigenvalue weighted by molar-refractivity contribution is 5.92. The smallest absolute Gasteiger partial charge is 0.246 e. The van der Waals surface area contributed by atoms with Crippen LogP contribution >= 0.6 is 0 Å². The summed E-state index contributed by atoms with van der Waals surface area (Å²) in [5.74, 6) is 0.617. The zero-order valence-corrected chi connectivity index (χ0v) is 16.3. The molecule has 4 heteroatoms. The molecule has 1 aliphatic heterocycles. The highest BCUT2D eigenvalue weighted by Gasteiger charge is 2.27.